The summed E-state index contributed by atoms with van der Waals surface area (Å²) in [5.74, 6) is -0.755. The molecule has 0 atom stereocenters. The van der Waals surface area contributed by atoms with Crippen LogP contribution in [0.3, 0.4) is 0 Å². The summed E-state index contributed by atoms with van der Waals surface area (Å²) in [6.45, 7) is 3.70. The summed E-state index contributed by atoms with van der Waals surface area (Å²) in [7, 11) is 0. The Labute approximate surface area is 94.7 Å². The smallest absolute Gasteiger partial charge is 0.317 e. The summed E-state index contributed by atoms with van der Waals surface area (Å²) in [6.07, 6.45) is 6.04. The van der Waals surface area contributed by atoms with Crippen LogP contribution in [0.1, 0.15) is 25.3 Å². The second-order valence-electron chi connectivity index (χ2n) is 4.23. The van der Waals surface area contributed by atoms with Crippen molar-refractivity contribution in [3.63, 3.8) is 0 Å². The Morgan fingerprint density at radius 1 is 1.69 bits per heavy atom. The zero-order valence-corrected chi connectivity index (χ0v) is 9.46. The van der Waals surface area contributed by atoms with Crippen LogP contribution in [0.15, 0.2) is 12.4 Å². The molecule has 1 aromatic rings. The van der Waals surface area contributed by atoms with Crippen molar-refractivity contribution in [1.29, 1.82) is 0 Å². The maximum Gasteiger partial charge on any atom is 0.317 e. The molecule has 0 aromatic carbocycles. The number of rotatable bonds is 6. The molecule has 5 heteroatoms. The van der Waals surface area contributed by atoms with E-state index in [0.29, 0.717) is 12.6 Å². The first-order valence-electron chi connectivity index (χ1n) is 5.66. The van der Waals surface area contributed by atoms with Crippen LogP contribution in [0, 0.1) is 0 Å². The van der Waals surface area contributed by atoms with Gasteiger partial charge in [0, 0.05) is 30.9 Å². The van der Waals surface area contributed by atoms with Crippen molar-refractivity contribution in [2.75, 3.05) is 6.54 Å². The largest absolute Gasteiger partial charge is 0.480 e. The molecule has 0 bridgehead atoms. The van der Waals surface area contributed by atoms with E-state index in [1.807, 2.05) is 28.9 Å². The molecule has 16 heavy (non-hydrogen) atoms. The van der Waals surface area contributed by atoms with Gasteiger partial charge in [0.05, 0.1) is 12.7 Å². The van der Waals surface area contributed by atoms with Gasteiger partial charge in [-0.25, -0.2) is 0 Å². The van der Waals surface area contributed by atoms with E-state index in [9.17, 15) is 4.79 Å². The number of aromatic nitrogens is 2. The molecule has 2 rings (SSSR count). The molecule has 1 heterocycles. The van der Waals surface area contributed by atoms with Gasteiger partial charge in [-0.3, -0.25) is 14.4 Å². The minimum absolute atomic E-state index is 0.127. The minimum atomic E-state index is -0.755. The number of aryl methyl sites for hydroxylation is 1. The zero-order valence-electron chi connectivity index (χ0n) is 9.46. The van der Waals surface area contributed by atoms with Crippen molar-refractivity contribution in [2.45, 2.75) is 38.9 Å². The Morgan fingerprint density at radius 3 is 2.94 bits per heavy atom. The van der Waals surface area contributed by atoms with E-state index in [1.54, 1.807) is 0 Å². The third kappa shape index (κ3) is 2.82. The summed E-state index contributed by atoms with van der Waals surface area (Å²) in [4.78, 5) is 12.7. The van der Waals surface area contributed by atoms with E-state index in [1.165, 1.54) is 0 Å². The second kappa shape index (κ2) is 4.65. The van der Waals surface area contributed by atoms with Gasteiger partial charge >= 0.3 is 5.97 Å². The van der Waals surface area contributed by atoms with Crippen LogP contribution in [0.4, 0.5) is 0 Å². The average molecular weight is 223 g/mol. The number of aliphatic carboxylic acids is 1. The van der Waals surface area contributed by atoms with E-state index in [0.717, 1.165) is 24.9 Å². The van der Waals surface area contributed by atoms with Crippen LogP contribution in [0.5, 0.6) is 0 Å². The zero-order chi connectivity index (χ0) is 11.5. The highest BCUT2D eigenvalue weighted by atomic mass is 16.4. The molecule has 0 amide bonds. The number of carbonyl (C=O) groups is 1. The summed E-state index contributed by atoms with van der Waals surface area (Å²) < 4.78 is 1.86. The second-order valence-corrected chi connectivity index (χ2v) is 4.23. The topological polar surface area (TPSA) is 58.4 Å². The van der Waals surface area contributed by atoms with Crippen LogP contribution < -0.4 is 0 Å². The third-order valence-corrected chi connectivity index (χ3v) is 2.80. The fourth-order valence-electron chi connectivity index (χ4n) is 1.82. The molecule has 5 nitrogen and oxygen atoms in total. The molecule has 1 fully saturated rings. The Hall–Kier alpha value is -1.36. The lowest BCUT2D eigenvalue weighted by Gasteiger charge is -2.18. The van der Waals surface area contributed by atoms with E-state index in [4.69, 9.17) is 5.11 Å². The number of carboxylic acid groups (broad SMARTS) is 1. The highest BCUT2D eigenvalue weighted by molar-refractivity contribution is 5.69. The van der Waals surface area contributed by atoms with Gasteiger partial charge in [0.1, 0.15) is 0 Å². The Bertz CT molecular complexity index is 371. The van der Waals surface area contributed by atoms with Gasteiger partial charge in [0.15, 0.2) is 0 Å². The molecule has 0 radical (unpaired) electrons. The molecule has 88 valence electrons. The van der Waals surface area contributed by atoms with E-state index in [2.05, 4.69) is 5.10 Å². The summed E-state index contributed by atoms with van der Waals surface area (Å²) in [5.41, 5.74) is 1.09. The highest BCUT2D eigenvalue weighted by Crippen LogP contribution is 2.27. The molecular weight excluding hydrogens is 206 g/mol. The van der Waals surface area contributed by atoms with E-state index >= 15 is 0 Å². The standard InChI is InChI=1S/C11H17N3O2/c1-2-14-7-9(5-12-14)6-13(8-11(15)16)10-3-4-10/h5,7,10H,2-4,6,8H2,1H3,(H,15,16). The Kier molecular flexibility index (Phi) is 3.24. The molecule has 1 N–H and O–H groups in total. The van der Waals surface area contributed by atoms with Gasteiger partial charge in [-0.1, -0.05) is 0 Å². The molecule has 0 saturated heterocycles. The number of hydrogen-bond acceptors (Lipinski definition) is 3. The lowest BCUT2D eigenvalue weighted by molar-refractivity contribution is -0.138. The fourth-order valence-corrected chi connectivity index (χ4v) is 1.82. The summed E-state index contributed by atoms with van der Waals surface area (Å²) >= 11 is 0. The lowest BCUT2D eigenvalue weighted by Crippen LogP contribution is -2.31. The number of hydrogen-bond donors (Lipinski definition) is 1. The van der Waals surface area contributed by atoms with E-state index in [-0.39, 0.29) is 6.54 Å². The third-order valence-electron chi connectivity index (χ3n) is 2.80. The molecule has 1 aliphatic carbocycles. The molecule has 0 aliphatic heterocycles. The van der Waals surface area contributed by atoms with Crippen LogP contribution in [-0.4, -0.2) is 38.3 Å². The van der Waals surface area contributed by atoms with Gasteiger partial charge in [-0.05, 0) is 19.8 Å². The van der Waals surface area contributed by atoms with E-state index < -0.39 is 5.97 Å². The van der Waals surface area contributed by atoms with Gasteiger partial charge in [0.2, 0.25) is 0 Å². The maximum atomic E-state index is 10.7. The maximum absolute atomic E-state index is 10.7. The SMILES string of the molecule is CCn1cc(CN(CC(=O)O)C2CC2)cn1. The van der Waals surface area contributed by atoms with Crippen molar-refractivity contribution in [2.24, 2.45) is 0 Å². The number of carboxylic acids is 1. The summed E-state index contributed by atoms with van der Waals surface area (Å²) in [5, 5.41) is 13.0. The minimum Gasteiger partial charge on any atom is -0.480 e. The monoisotopic (exact) mass is 223 g/mol. The average Bonchev–Trinajstić information content (AvgIpc) is 2.98. The molecule has 0 spiro atoms. The number of nitrogens with zero attached hydrogens (tertiary/aromatic N) is 3. The predicted molar refractivity (Wildman–Crippen MR) is 59.0 cm³/mol. The molecule has 1 aliphatic rings. The van der Waals surface area contributed by atoms with Crippen molar-refractivity contribution in [3.05, 3.63) is 18.0 Å². The fraction of sp³-hybridized carbons (Fsp3) is 0.636. The predicted octanol–water partition coefficient (Wildman–Crippen LogP) is 0.952. The quantitative estimate of drug-likeness (QED) is 0.780. The van der Waals surface area contributed by atoms with Crippen LogP contribution in [0.25, 0.3) is 0 Å². The van der Waals surface area contributed by atoms with Gasteiger partial charge in [-0.15, -0.1) is 0 Å². The first-order chi connectivity index (χ1) is 7.69. The van der Waals surface area contributed by atoms with Crippen LogP contribution in [-0.2, 0) is 17.9 Å². The Balaban J connectivity index is 1.96. The summed E-state index contributed by atoms with van der Waals surface area (Å²) in [6, 6.07) is 0.459. The van der Waals surface area contributed by atoms with Crippen molar-refractivity contribution in [3.8, 4) is 0 Å². The normalized spacial score (nSPS) is 15.6. The Morgan fingerprint density at radius 2 is 2.44 bits per heavy atom. The molecular formula is C11H17N3O2. The molecule has 1 aromatic heterocycles. The first kappa shape index (κ1) is 11.1. The van der Waals surface area contributed by atoms with Crippen LogP contribution >= 0.6 is 0 Å². The molecule has 1 saturated carbocycles. The highest BCUT2D eigenvalue weighted by Gasteiger charge is 2.30. The lowest BCUT2D eigenvalue weighted by atomic mass is 10.3. The van der Waals surface area contributed by atoms with Gasteiger partial charge < -0.3 is 5.11 Å². The van der Waals surface area contributed by atoms with Crippen LogP contribution in [0.2, 0.25) is 0 Å². The van der Waals surface area contributed by atoms with Crippen molar-refractivity contribution < 1.29 is 9.90 Å². The van der Waals surface area contributed by atoms with Crippen molar-refractivity contribution >= 4 is 5.97 Å². The molecule has 0 unspecified atom stereocenters. The first-order valence-corrected chi connectivity index (χ1v) is 5.66. The van der Waals surface area contributed by atoms with Gasteiger partial charge in [0.25, 0.3) is 0 Å². The van der Waals surface area contributed by atoms with Gasteiger partial charge in [-0.2, -0.15) is 5.10 Å². The van der Waals surface area contributed by atoms with Crippen molar-refractivity contribution in [1.82, 2.24) is 14.7 Å².